The molecule has 0 spiro atoms. The number of benzene rings is 4. The standard InChI is InChI=1S/2C17H15.4CH3.H2Si.Zr/c2*1-12-6-8-14(9-7-12)16-5-3-4-15-10-13(2)11-17(15)16;;;;;;/h2*3-11H,1-2H3;4*1H3;1H2;. The van der Waals surface area contributed by atoms with Gasteiger partial charge in [0.1, 0.15) is 0 Å². The van der Waals surface area contributed by atoms with E-state index in [1.807, 2.05) is 0 Å². The third-order valence-corrected chi connectivity index (χ3v) is 33.9. The second-order valence-electron chi connectivity index (χ2n) is 17.3. The van der Waals surface area contributed by atoms with Crippen molar-refractivity contribution < 1.29 is 14.4 Å². The number of aryl methyl sites for hydroxylation is 2. The Morgan fingerprint density at radius 2 is 0.850 bits per heavy atom. The van der Waals surface area contributed by atoms with Crippen LogP contribution in [0.3, 0.4) is 0 Å². The molecule has 4 aromatic carbocycles. The monoisotopic (exact) mass is 618 g/mol. The van der Waals surface area contributed by atoms with E-state index in [1.165, 1.54) is 66.8 Å². The Morgan fingerprint density at radius 1 is 0.500 bits per heavy atom. The maximum absolute atomic E-state index is 4.73. The molecule has 0 heterocycles. The summed E-state index contributed by atoms with van der Waals surface area (Å²) in [5.41, 5.74) is 16.9. The molecule has 0 nitrogen and oxygen atoms in total. The van der Waals surface area contributed by atoms with Crippen LogP contribution in [0, 0.1) is 13.8 Å². The minimum atomic E-state index is -4.73. The van der Waals surface area contributed by atoms with Gasteiger partial charge in [-0.3, -0.25) is 0 Å². The Hall–Kier alpha value is -2.54. The third-order valence-electron chi connectivity index (χ3n) is 10.3. The van der Waals surface area contributed by atoms with Crippen LogP contribution in [-0.4, -0.2) is 6.88 Å². The molecule has 204 valence electrons. The Morgan fingerprint density at radius 3 is 1.20 bits per heavy atom. The van der Waals surface area contributed by atoms with Crippen LogP contribution in [0.25, 0.3) is 34.4 Å². The van der Waals surface area contributed by atoms with Gasteiger partial charge in [-0.15, -0.1) is 0 Å². The summed E-state index contributed by atoms with van der Waals surface area (Å²) in [5.74, 6) is 0. The van der Waals surface area contributed by atoms with E-state index < -0.39 is 14.4 Å². The SMILES string of the molecule is CC1=Cc2c(-c3ccc(C)cc3)cccc2[CH]1[Zr]([CH3])([CH3])([CH3])([CH3])(=[SiH2])[CH]1C(C)=Cc2c(-c3ccc(C)cc3)cccc21. The van der Waals surface area contributed by atoms with Crippen molar-refractivity contribution in [2.24, 2.45) is 0 Å². The van der Waals surface area contributed by atoms with Crippen molar-refractivity contribution >= 4 is 19.0 Å². The van der Waals surface area contributed by atoms with Gasteiger partial charge < -0.3 is 0 Å². The zero-order valence-corrected chi connectivity index (χ0v) is 29.5. The minimum absolute atomic E-state index is 0.415. The van der Waals surface area contributed by atoms with E-state index in [2.05, 4.69) is 150 Å². The molecule has 0 fully saturated rings. The zero-order valence-electron chi connectivity index (χ0n) is 25.6. The van der Waals surface area contributed by atoms with E-state index in [0.29, 0.717) is 7.25 Å². The average Bonchev–Trinajstić information content (AvgIpc) is 3.41. The van der Waals surface area contributed by atoms with Gasteiger partial charge in [0.2, 0.25) is 0 Å². The van der Waals surface area contributed by atoms with Crippen LogP contribution in [0.4, 0.5) is 0 Å². The molecule has 0 amide bonds. The summed E-state index contributed by atoms with van der Waals surface area (Å²) in [6, 6.07) is 32.2. The van der Waals surface area contributed by atoms with Crippen LogP contribution >= 0.6 is 0 Å². The van der Waals surface area contributed by atoms with E-state index in [4.69, 9.17) is 0 Å². The average molecular weight is 620 g/mol. The fraction of sp³-hybridized carbons (Fsp3) is 0.263. The summed E-state index contributed by atoms with van der Waals surface area (Å²) >= 11 is -4.73. The topological polar surface area (TPSA) is 0 Å². The number of allylic oxidation sites excluding steroid dienone is 2. The van der Waals surface area contributed by atoms with Gasteiger partial charge >= 0.3 is 239 Å². The Balaban J connectivity index is 1.57. The quantitative estimate of drug-likeness (QED) is 0.199. The van der Waals surface area contributed by atoms with Crippen molar-refractivity contribution in [3.63, 3.8) is 0 Å². The molecule has 2 atom stereocenters. The van der Waals surface area contributed by atoms with Gasteiger partial charge in [-0.1, -0.05) is 0 Å². The van der Waals surface area contributed by atoms with Gasteiger partial charge in [-0.25, -0.2) is 0 Å². The number of fused-ring (bicyclic) bond motifs is 2. The molecule has 6 rings (SSSR count). The Bertz CT molecular complexity index is 1760. The molecular formula is C38H44SiZr. The number of hydrogen-bond donors (Lipinski definition) is 0. The normalized spacial score (nSPS) is 20.9. The van der Waals surface area contributed by atoms with Crippen LogP contribution < -0.4 is 0 Å². The van der Waals surface area contributed by atoms with Crippen molar-refractivity contribution in [3.8, 4) is 22.3 Å². The first kappa shape index (κ1) is 27.6. The van der Waals surface area contributed by atoms with E-state index in [1.54, 1.807) is 0 Å². The van der Waals surface area contributed by atoms with Crippen molar-refractivity contribution in [1.82, 2.24) is 0 Å². The predicted molar refractivity (Wildman–Crippen MR) is 178 cm³/mol. The van der Waals surface area contributed by atoms with Gasteiger partial charge in [0.05, 0.1) is 0 Å². The molecule has 0 aromatic heterocycles. The summed E-state index contributed by atoms with van der Waals surface area (Å²) in [4.78, 5) is 0. The van der Waals surface area contributed by atoms with Crippen molar-refractivity contribution in [2.45, 2.75) is 53.5 Å². The van der Waals surface area contributed by atoms with Crippen LogP contribution in [0.1, 0.15) is 54.5 Å². The van der Waals surface area contributed by atoms with Crippen LogP contribution in [0.5, 0.6) is 0 Å². The first-order chi connectivity index (χ1) is 18.5. The van der Waals surface area contributed by atoms with Gasteiger partial charge in [-0.2, -0.15) is 0 Å². The van der Waals surface area contributed by atoms with Crippen LogP contribution in [0.15, 0.2) is 96.1 Å². The van der Waals surface area contributed by atoms with Gasteiger partial charge in [0.25, 0.3) is 0 Å². The molecule has 40 heavy (non-hydrogen) atoms. The fourth-order valence-corrected chi connectivity index (χ4v) is 38.1. The summed E-state index contributed by atoms with van der Waals surface area (Å²) in [5, 5.41) is 0. The summed E-state index contributed by atoms with van der Waals surface area (Å²) < 4.78 is 11.8. The molecular weight excluding hydrogens is 576 g/mol. The molecule has 2 aliphatic carbocycles. The van der Waals surface area contributed by atoms with Gasteiger partial charge in [0.15, 0.2) is 0 Å². The second kappa shape index (κ2) is 7.84. The summed E-state index contributed by atoms with van der Waals surface area (Å²) in [6.45, 7) is 11.6. The van der Waals surface area contributed by atoms with E-state index in [0.717, 1.165) is 0 Å². The molecule has 4 aromatic rings. The second-order valence-corrected chi connectivity index (χ2v) is 77.6. The van der Waals surface area contributed by atoms with Crippen LogP contribution in [0.2, 0.25) is 18.5 Å². The maximum atomic E-state index is 2.75. The van der Waals surface area contributed by atoms with E-state index in [9.17, 15) is 0 Å². The van der Waals surface area contributed by atoms with Crippen LogP contribution in [-0.2, 0) is 14.4 Å². The first-order valence-electron chi connectivity index (χ1n) is 14.9. The van der Waals surface area contributed by atoms with E-state index >= 15 is 0 Å². The number of rotatable bonds is 4. The molecule has 0 N–H and O–H groups in total. The summed E-state index contributed by atoms with van der Waals surface area (Å²) in [6.07, 6.45) is 5.04. The number of hydrogen-bond acceptors (Lipinski definition) is 0. The molecule has 2 heteroatoms. The van der Waals surface area contributed by atoms with Crippen molar-refractivity contribution in [1.29, 1.82) is 0 Å². The molecule has 0 saturated carbocycles. The Kier molecular flexibility index (Phi) is 5.42. The van der Waals surface area contributed by atoms with E-state index in [-0.39, 0.29) is 0 Å². The predicted octanol–water partition coefficient (Wildman–Crippen LogP) is 10.8. The molecule has 2 unspecified atom stereocenters. The molecule has 2 aliphatic rings. The fourth-order valence-electron chi connectivity index (χ4n) is 9.29. The van der Waals surface area contributed by atoms with Crippen molar-refractivity contribution in [3.05, 3.63) is 129 Å². The van der Waals surface area contributed by atoms with Gasteiger partial charge in [0, 0.05) is 0 Å². The molecule has 0 bridgehead atoms. The molecule has 0 radical (unpaired) electrons. The third kappa shape index (κ3) is 4.09. The zero-order chi connectivity index (χ0) is 28.8. The molecule has 0 saturated heterocycles. The first-order valence-corrected chi connectivity index (χ1v) is 33.5. The summed E-state index contributed by atoms with van der Waals surface area (Å²) in [7, 11) is 0. The molecule has 0 aliphatic heterocycles. The van der Waals surface area contributed by atoms with Crippen molar-refractivity contribution in [2.75, 3.05) is 0 Å². The Labute approximate surface area is 237 Å². The van der Waals surface area contributed by atoms with Gasteiger partial charge in [-0.05, 0) is 0 Å².